The lowest BCUT2D eigenvalue weighted by Gasteiger charge is -2.19. The first-order valence-corrected chi connectivity index (χ1v) is 7.82. The summed E-state index contributed by atoms with van der Waals surface area (Å²) in [5.74, 6) is -0.772. The maximum Gasteiger partial charge on any atom is 0.492 e. The monoisotopic (exact) mass is 339 g/mol. The number of ether oxygens (including phenoxy) is 1. The zero-order valence-corrected chi connectivity index (χ0v) is 14.2. The van der Waals surface area contributed by atoms with Crippen LogP contribution in [0.5, 0.6) is 0 Å². The normalized spacial score (nSPS) is 14.8. The van der Waals surface area contributed by atoms with E-state index in [0.717, 1.165) is 5.56 Å². The van der Waals surface area contributed by atoms with Crippen molar-refractivity contribution in [3.05, 3.63) is 59.2 Å². The molecule has 7 heteroatoms. The number of rotatable bonds is 3. The molecule has 0 spiro atoms. The number of hydrogen-bond acceptors (Lipinski definition) is 5. The predicted molar refractivity (Wildman–Crippen MR) is 93.9 cm³/mol. The minimum atomic E-state index is -1.01. The van der Waals surface area contributed by atoms with Gasteiger partial charge in [0.15, 0.2) is 0 Å². The van der Waals surface area contributed by atoms with Gasteiger partial charge in [-0.2, -0.15) is 0 Å². The van der Waals surface area contributed by atoms with Gasteiger partial charge in [-0.05, 0) is 61.3 Å². The highest BCUT2D eigenvalue weighted by Gasteiger charge is 2.40. The minimum Gasteiger partial charge on any atom is -0.465 e. The van der Waals surface area contributed by atoms with Crippen LogP contribution in [0.2, 0.25) is 0 Å². The highest BCUT2D eigenvalue weighted by atomic mass is 16.5. The van der Waals surface area contributed by atoms with Crippen LogP contribution in [0.1, 0.15) is 40.1 Å². The molecular weight excluding hydrogens is 321 g/mol. The summed E-state index contributed by atoms with van der Waals surface area (Å²) < 4.78 is 10.1. The summed E-state index contributed by atoms with van der Waals surface area (Å²) in [7, 11) is 0.289. The fourth-order valence-electron chi connectivity index (χ4n) is 2.88. The largest absolute Gasteiger partial charge is 0.492 e. The average Bonchev–Trinajstić information content (AvgIpc) is 2.83. The molecule has 2 aromatic rings. The van der Waals surface area contributed by atoms with Crippen molar-refractivity contribution in [3.63, 3.8) is 0 Å². The summed E-state index contributed by atoms with van der Waals surface area (Å²) >= 11 is 0. The van der Waals surface area contributed by atoms with Gasteiger partial charge in [0.1, 0.15) is 0 Å². The second kappa shape index (κ2) is 6.35. The number of amides is 1. The summed E-state index contributed by atoms with van der Waals surface area (Å²) in [5.41, 5.74) is 2.30. The van der Waals surface area contributed by atoms with Crippen LogP contribution >= 0.6 is 0 Å². The van der Waals surface area contributed by atoms with Crippen molar-refractivity contribution in [2.24, 2.45) is 0 Å². The van der Waals surface area contributed by atoms with Gasteiger partial charge < -0.3 is 19.7 Å². The Labute approximate surface area is 145 Å². The van der Waals surface area contributed by atoms with E-state index in [-0.39, 0.29) is 5.91 Å². The number of carbonyl (C=O) groups excluding carboxylic acids is 2. The summed E-state index contributed by atoms with van der Waals surface area (Å²) in [6.45, 7) is 3.76. The minimum absolute atomic E-state index is 0.316. The van der Waals surface area contributed by atoms with Crippen LogP contribution in [0.4, 0.5) is 5.69 Å². The molecular formula is C18H18BNO5. The number of anilines is 1. The smallest absolute Gasteiger partial charge is 0.465 e. The van der Waals surface area contributed by atoms with Gasteiger partial charge in [0.2, 0.25) is 0 Å². The van der Waals surface area contributed by atoms with Crippen LogP contribution < -0.4 is 10.8 Å². The van der Waals surface area contributed by atoms with Gasteiger partial charge in [-0.25, -0.2) is 4.79 Å². The van der Waals surface area contributed by atoms with E-state index in [9.17, 15) is 14.6 Å². The van der Waals surface area contributed by atoms with Crippen LogP contribution in [-0.2, 0) is 15.0 Å². The SMILES string of the molecule is COC(=O)c1ccc(C(=O)Nc2ccc3c(c2)B(O)OC3(C)C)cc1. The van der Waals surface area contributed by atoms with E-state index in [1.54, 1.807) is 24.3 Å². The summed E-state index contributed by atoms with van der Waals surface area (Å²) in [6, 6.07) is 11.5. The molecule has 2 aromatic carbocycles. The average molecular weight is 339 g/mol. The van der Waals surface area contributed by atoms with Crippen LogP contribution in [0.3, 0.4) is 0 Å². The predicted octanol–water partition coefficient (Wildman–Crippen LogP) is 1.68. The highest BCUT2D eigenvalue weighted by Crippen LogP contribution is 2.30. The Morgan fingerprint density at radius 3 is 2.40 bits per heavy atom. The summed E-state index contributed by atoms with van der Waals surface area (Å²) in [5, 5.41) is 12.8. The second-order valence-electron chi connectivity index (χ2n) is 6.31. The van der Waals surface area contributed by atoms with Crippen molar-refractivity contribution in [3.8, 4) is 0 Å². The number of carbonyl (C=O) groups is 2. The molecule has 6 nitrogen and oxygen atoms in total. The third-order valence-electron chi connectivity index (χ3n) is 4.20. The number of methoxy groups -OCH3 is 1. The molecule has 25 heavy (non-hydrogen) atoms. The Morgan fingerprint density at radius 2 is 1.76 bits per heavy atom. The van der Waals surface area contributed by atoms with Crippen molar-refractivity contribution >= 4 is 30.1 Å². The van der Waals surface area contributed by atoms with Crippen molar-refractivity contribution in [1.82, 2.24) is 0 Å². The van der Waals surface area contributed by atoms with Gasteiger partial charge >= 0.3 is 13.1 Å². The molecule has 0 atom stereocenters. The molecule has 1 amide bonds. The van der Waals surface area contributed by atoms with Crippen molar-refractivity contribution in [2.75, 3.05) is 12.4 Å². The molecule has 0 fully saturated rings. The molecule has 0 radical (unpaired) electrons. The Bertz CT molecular complexity index is 832. The molecule has 0 aliphatic carbocycles. The number of benzene rings is 2. The van der Waals surface area contributed by atoms with Crippen LogP contribution in [0, 0.1) is 0 Å². The number of hydrogen-bond donors (Lipinski definition) is 2. The molecule has 0 aromatic heterocycles. The lowest BCUT2D eigenvalue weighted by molar-refractivity contribution is 0.0600. The van der Waals surface area contributed by atoms with E-state index in [1.165, 1.54) is 19.2 Å². The summed E-state index contributed by atoms with van der Waals surface area (Å²) in [6.07, 6.45) is 0. The van der Waals surface area contributed by atoms with Gasteiger partial charge in [0.05, 0.1) is 18.3 Å². The lowest BCUT2D eigenvalue weighted by atomic mass is 9.78. The third-order valence-corrected chi connectivity index (χ3v) is 4.20. The Balaban J connectivity index is 1.78. The van der Waals surface area contributed by atoms with E-state index >= 15 is 0 Å². The fraction of sp³-hybridized carbons (Fsp3) is 0.222. The maximum atomic E-state index is 12.4. The summed E-state index contributed by atoms with van der Waals surface area (Å²) in [4.78, 5) is 23.8. The van der Waals surface area contributed by atoms with Crippen LogP contribution in [0.25, 0.3) is 0 Å². The first-order chi connectivity index (χ1) is 11.8. The van der Waals surface area contributed by atoms with E-state index < -0.39 is 18.7 Å². The molecule has 0 bridgehead atoms. The number of esters is 1. The molecule has 1 aliphatic heterocycles. The van der Waals surface area contributed by atoms with Gasteiger partial charge in [-0.1, -0.05) is 6.07 Å². The Kier molecular flexibility index (Phi) is 4.37. The molecule has 0 saturated carbocycles. The maximum absolute atomic E-state index is 12.4. The third kappa shape index (κ3) is 3.29. The second-order valence-corrected chi connectivity index (χ2v) is 6.31. The first-order valence-electron chi connectivity index (χ1n) is 7.82. The van der Waals surface area contributed by atoms with Crippen LogP contribution in [-0.4, -0.2) is 31.1 Å². The molecule has 0 unspecified atom stereocenters. The van der Waals surface area contributed by atoms with E-state index in [0.29, 0.717) is 22.3 Å². The lowest BCUT2D eigenvalue weighted by Crippen LogP contribution is -2.29. The number of nitrogens with one attached hydrogen (secondary N) is 1. The molecule has 1 aliphatic rings. The fourth-order valence-corrected chi connectivity index (χ4v) is 2.88. The Hall–Kier alpha value is -2.64. The molecule has 1 heterocycles. The van der Waals surface area contributed by atoms with Gasteiger partial charge in [-0.15, -0.1) is 0 Å². The number of fused-ring (bicyclic) bond motifs is 1. The van der Waals surface area contributed by atoms with Crippen LogP contribution in [0.15, 0.2) is 42.5 Å². The molecule has 0 saturated heterocycles. The quantitative estimate of drug-likeness (QED) is 0.657. The van der Waals surface area contributed by atoms with Crippen molar-refractivity contribution < 1.29 is 24.0 Å². The van der Waals surface area contributed by atoms with Gasteiger partial charge in [-0.3, -0.25) is 4.79 Å². The van der Waals surface area contributed by atoms with Crippen molar-refractivity contribution in [1.29, 1.82) is 0 Å². The van der Waals surface area contributed by atoms with E-state index in [4.69, 9.17) is 4.65 Å². The standard InChI is InChI=1S/C18H18BNO5/c1-18(2)14-9-8-13(10-15(14)19(23)25-18)20-16(21)11-4-6-12(7-5-11)17(22)24-3/h4-10,23H,1-3H3,(H,20,21). The molecule has 2 N–H and O–H groups in total. The van der Waals surface area contributed by atoms with Gasteiger partial charge in [0, 0.05) is 11.3 Å². The Morgan fingerprint density at radius 1 is 1.12 bits per heavy atom. The van der Waals surface area contributed by atoms with Crippen molar-refractivity contribution in [2.45, 2.75) is 19.4 Å². The zero-order valence-electron chi connectivity index (χ0n) is 14.2. The first kappa shape index (κ1) is 17.2. The van der Waals surface area contributed by atoms with Gasteiger partial charge in [0.25, 0.3) is 5.91 Å². The van der Waals surface area contributed by atoms with E-state index in [2.05, 4.69) is 10.1 Å². The zero-order chi connectivity index (χ0) is 18.2. The topological polar surface area (TPSA) is 84.9 Å². The molecule has 3 rings (SSSR count). The molecule has 128 valence electrons. The highest BCUT2D eigenvalue weighted by molar-refractivity contribution is 6.62. The van der Waals surface area contributed by atoms with E-state index in [1.807, 2.05) is 19.9 Å².